The third kappa shape index (κ3) is 4.47. The van der Waals surface area contributed by atoms with Crippen molar-refractivity contribution >= 4 is 11.9 Å². The first-order valence-corrected chi connectivity index (χ1v) is 8.59. The van der Waals surface area contributed by atoms with E-state index in [4.69, 9.17) is 0 Å². The van der Waals surface area contributed by atoms with E-state index >= 15 is 0 Å². The highest BCUT2D eigenvalue weighted by molar-refractivity contribution is 5.97. The molecule has 2 rings (SSSR count). The molecule has 0 aliphatic rings. The molecule has 0 spiro atoms. The fourth-order valence-electron chi connectivity index (χ4n) is 2.93. The number of carboxylic acids is 1. The Hall–Kier alpha value is -2.63. The Balaban J connectivity index is 2.15. The lowest BCUT2D eigenvalue weighted by molar-refractivity contribution is -0.139. The molecule has 6 heteroatoms. The highest BCUT2D eigenvalue weighted by atomic mass is 16.4. The van der Waals surface area contributed by atoms with Crippen LogP contribution in [0, 0.1) is 6.92 Å². The molecule has 2 N–H and O–H groups in total. The van der Waals surface area contributed by atoms with Gasteiger partial charge in [0.15, 0.2) is 0 Å². The van der Waals surface area contributed by atoms with Gasteiger partial charge in [0.05, 0.1) is 17.8 Å². The summed E-state index contributed by atoms with van der Waals surface area (Å²) in [5.41, 5.74) is 2.04. The van der Waals surface area contributed by atoms with E-state index in [1.54, 1.807) is 0 Å². The number of hydrogen-bond donors (Lipinski definition) is 2. The molecule has 1 atom stereocenters. The minimum absolute atomic E-state index is 0.237. The number of carbonyl (C=O) groups excluding carboxylic acids is 1. The molecule has 0 saturated carbocycles. The molecule has 0 bridgehead atoms. The molecule has 25 heavy (non-hydrogen) atoms. The van der Waals surface area contributed by atoms with Gasteiger partial charge in [-0.2, -0.15) is 5.10 Å². The monoisotopic (exact) mass is 343 g/mol. The van der Waals surface area contributed by atoms with Gasteiger partial charge >= 0.3 is 5.97 Å². The van der Waals surface area contributed by atoms with Crippen LogP contribution < -0.4 is 5.32 Å². The van der Waals surface area contributed by atoms with Crippen molar-refractivity contribution in [3.05, 3.63) is 53.3 Å². The Morgan fingerprint density at radius 2 is 1.84 bits per heavy atom. The smallest absolute Gasteiger partial charge is 0.326 e. The topological polar surface area (TPSA) is 84.2 Å². The van der Waals surface area contributed by atoms with Crippen LogP contribution in [0.3, 0.4) is 0 Å². The molecule has 1 heterocycles. The van der Waals surface area contributed by atoms with Crippen molar-refractivity contribution in [2.75, 3.05) is 0 Å². The highest BCUT2D eigenvalue weighted by Gasteiger charge is 2.24. The summed E-state index contributed by atoms with van der Waals surface area (Å²) >= 11 is 0. The second-order valence-corrected chi connectivity index (χ2v) is 6.11. The summed E-state index contributed by atoms with van der Waals surface area (Å²) in [7, 11) is 0. The van der Waals surface area contributed by atoms with E-state index in [0.717, 1.165) is 24.1 Å². The van der Waals surface area contributed by atoms with Gasteiger partial charge in [0.2, 0.25) is 0 Å². The summed E-state index contributed by atoms with van der Waals surface area (Å²) < 4.78 is 1.85. The van der Waals surface area contributed by atoms with E-state index in [-0.39, 0.29) is 12.5 Å². The lowest BCUT2D eigenvalue weighted by atomic mass is 10.1. The van der Waals surface area contributed by atoms with E-state index in [1.807, 2.05) is 41.9 Å². The lowest BCUT2D eigenvalue weighted by Gasteiger charge is -2.16. The Morgan fingerprint density at radius 3 is 2.40 bits per heavy atom. The Labute approximate surface area is 147 Å². The largest absolute Gasteiger partial charge is 0.480 e. The van der Waals surface area contributed by atoms with Gasteiger partial charge in [0, 0.05) is 12.1 Å². The lowest BCUT2D eigenvalue weighted by Crippen LogP contribution is -2.42. The zero-order chi connectivity index (χ0) is 18.4. The van der Waals surface area contributed by atoms with Crippen molar-refractivity contribution in [2.45, 2.75) is 52.1 Å². The minimum atomic E-state index is -1.05. The maximum Gasteiger partial charge on any atom is 0.326 e. The van der Waals surface area contributed by atoms with Gasteiger partial charge < -0.3 is 10.4 Å². The molecule has 0 radical (unpaired) electrons. The number of rotatable bonds is 8. The van der Waals surface area contributed by atoms with Gasteiger partial charge in [0.25, 0.3) is 5.91 Å². The summed E-state index contributed by atoms with van der Waals surface area (Å²) in [4.78, 5) is 24.1. The Bertz CT molecular complexity index is 721. The number of aliphatic carboxylic acids is 1. The number of nitrogens with one attached hydrogen (secondary N) is 1. The number of amides is 1. The second-order valence-electron chi connectivity index (χ2n) is 6.11. The van der Waals surface area contributed by atoms with Gasteiger partial charge in [-0.15, -0.1) is 0 Å². The fourth-order valence-corrected chi connectivity index (χ4v) is 2.93. The SMILES string of the molecule is CCC(CC)n1ncc(C(=O)N[C@@H](Cc2ccccc2)C(=O)O)c1C. The number of carboxylic acid groups (broad SMARTS) is 1. The molecule has 134 valence electrons. The van der Waals surface area contributed by atoms with Crippen LogP contribution in [0.2, 0.25) is 0 Å². The maximum atomic E-state index is 12.6. The van der Waals surface area contributed by atoms with E-state index in [0.29, 0.717) is 5.56 Å². The van der Waals surface area contributed by atoms with Crippen LogP contribution in [-0.4, -0.2) is 32.8 Å². The van der Waals surface area contributed by atoms with Crippen LogP contribution in [-0.2, 0) is 11.2 Å². The number of nitrogens with zero attached hydrogens (tertiary/aromatic N) is 2. The molecule has 0 aliphatic heterocycles. The fraction of sp³-hybridized carbons (Fsp3) is 0.421. The Morgan fingerprint density at radius 1 is 1.20 bits per heavy atom. The molecule has 1 aromatic heterocycles. The number of benzene rings is 1. The van der Waals surface area contributed by atoms with Gasteiger partial charge in [0.1, 0.15) is 6.04 Å². The van der Waals surface area contributed by atoms with Crippen LogP contribution in [0.1, 0.15) is 54.3 Å². The average molecular weight is 343 g/mol. The van der Waals surface area contributed by atoms with Gasteiger partial charge in [-0.05, 0) is 25.3 Å². The van der Waals surface area contributed by atoms with Gasteiger partial charge in [-0.1, -0.05) is 44.2 Å². The molecule has 0 fully saturated rings. The van der Waals surface area contributed by atoms with Crippen LogP contribution >= 0.6 is 0 Å². The van der Waals surface area contributed by atoms with E-state index < -0.39 is 17.9 Å². The number of hydrogen-bond acceptors (Lipinski definition) is 3. The first-order valence-electron chi connectivity index (χ1n) is 8.59. The zero-order valence-electron chi connectivity index (χ0n) is 14.9. The van der Waals surface area contributed by atoms with Gasteiger partial charge in [-0.25, -0.2) is 4.79 Å². The van der Waals surface area contributed by atoms with Crippen LogP contribution in [0.25, 0.3) is 0 Å². The van der Waals surface area contributed by atoms with E-state index in [2.05, 4.69) is 24.3 Å². The highest BCUT2D eigenvalue weighted by Crippen LogP contribution is 2.19. The molecular weight excluding hydrogens is 318 g/mol. The second kappa shape index (κ2) is 8.46. The quantitative estimate of drug-likeness (QED) is 0.772. The summed E-state index contributed by atoms with van der Waals surface area (Å²) in [6.45, 7) is 6.00. The summed E-state index contributed by atoms with van der Waals surface area (Å²) in [6.07, 6.45) is 3.60. The third-order valence-electron chi connectivity index (χ3n) is 4.46. The normalized spacial score (nSPS) is 12.2. The first kappa shape index (κ1) is 18.7. The van der Waals surface area contributed by atoms with E-state index in [9.17, 15) is 14.7 Å². The molecule has 0 aliphatic carbocycles. The zero-order valence-corrected chi connectivity index (χ0v) is 14.9. The first-order chi connectivity index (χ1) is 12.0. The third-order valence-corrected chi connectivity index (χ3v) is 4.46. The predicted octanol–water partition coefficient (Wildman–Crippen LogP) is 2.98. The standard InChI is InChI=1S/C19H25N3O3/c1-4-15(5-2)22-13(3)16(12-20-22)18(23)21-17(19(24)25)11-14-9-7-6-8-10-14/h6-10,12,15,17H,4-5,11H2,1-3H3,(H,21,23)(H,24,25)/t17-/m0/s1. The molecule has 0 unspecified atom stereocenters. The van der Waals surface area contributed by atoms with E-state index in [1.165, 1.54) is 6.20 Å². The molecule has 1 aromatic carbocycles. The Kier molecular flexibility index (Phi) is 6.33. The maximum absolute atomic E-state index is 12.6. The predicted molar refractivity (Wildman–Crippen MR) is 95.6 cm³/mol. The van der Waals surface area contributed by atoms with Crippen LogP contribution in [0.5, 0.6) is 0 Å². The van der Waals surface area contributed by atoms with Crippen molar-refractivity contribution < 1.29 is 14.7 Å². The molecular formula is C19H25N3O3. The summed E-state index contributed by atoms with van der Waals surface area (Å²) in [6, 6.07) is 8.51. The number of aromatic nitrogens is 2. The van der Waals surface area contributed by atoms with Crippen molar-refractivity contribution in [1.29, 1.82) is 0 Å². The van der Waals surface area contributed by atoms with Crippen LogP contribution in [0.4, 0.5) is 0 Å². The van der Waals surface area contributed by atoms with Crippen LogP contribution in [0.15, 0.2) is 36.5 Å². The molecule has 6 nitrogen and oxygen atoms in total. The molecule has 2 aromatic rings. The minimum Gasteiger partial charge on any atom is -0.480 e. The van der Waals surface area contributed by atoms with Crippen molar-refractivity contribution in [3.8, 4) is 0 Å². The number of carbonyl (C=O) groups is 2. The van der Waals surface area contributed by atoms with Crippen molar-refractivity contribution in [3.63, 3.8) is 0 Å². The average Bonchev–Trinajstić information content (AvgIpc) is 2.98. The van der Waals surface area contributed by atoms with Crippen molar-refractivity contribution in [1.82, 2.24) is 15.1 Å². The summed E-state index contributed by atoms with van der Waals surface area (Å²) in [5.74, 6) is -1.46. The molecule has 0 saturated heterocycles. The summed E-state index contributed by atoms with van der Waals surface area (Å²) in [5, 5.41) is 16.4. The van der Waals surface area contributed by atoms with Crippen molar-refractivity contribution in [2.24, 2.45) is 0 Å². The molecule has 1 amide bonds. The van der Waals surface area contributed by atoms with Gasteiger partial charge in [-0.3, -0.25) is 9.48 Å².